The Morgan fingerprint density at radius 1 is 1.25 bits per heavy atom. The second-order valence-corrected chi connectivity index (χ2v) is 4.74. The normalized spacial score (nSPS) is 10.6. The summed E-state index contributed by atoms with van der Waals surface area (Å²) >= 11 is 0. The van der Waals surface area contributed by atoms with Crippen molar-refractivity contribution < 1.29 is 5.11 Å². The first-order valence-electron chi connectivity index (χ1n) is 6.33. The predicted octanol–water partition coefficient (Wildman–Crippen LogP) is 3.31. The smallest absolute Gasteiger partial charge is 0.123 e. The van der Waals surface area contributed by atoms with Gasteiger partial charge in [0.2, 0.25) is 0 Å². The summed E-state index contributed by atoms with van der Waals surface area (Å²) in [6.45, 7) is 1.91. The molecule has 3 aromatic rings. The highest BCUT2D eigenvalue weighted by atomic mass is 16.3. The molecule has 0 aliphatic rings. The molecule has 0 radical (unpaired) electrons. The van der Waals surface area contributed by atoms with E-state index in [0.717, 1.165) is 33.5 Å². The molecule has 4 heteroatoms. The lowest BCUT2D eigenvalue weighted by Gasteiger charge is -2.06. The summed E-state index contributed by atoms with van der Waals surface area (Å²) in [6.07, 6.45) is 0.330. The van der Waals surface area contributed by atoms with Crippen molar-refractivity contribution in [3.05, 3.63) is 47.8 Å². The number of nitrogens with one attached hydrogen (secondary N) is 1. The fourth-order valence-corrected chi connectivity index (χ4v) is 2.32. The van der Waals surface area contributed by atoms with Crippen LogP contribution in [0.3, 0.4) is 0 Å². The molecule has 0 aliphatic carbocycles. The Labute approximate surface area is 116 Å². The van der Waals surface area contributed by atoms with Crippen LogP contribution in [-0.4, -0.2) is 15.1 Å². The molecule has 0 saturated carbocycles. The van der Waals surface area contributed by atoms with E-state index in [0.29, 0.717) is 6.42 Å². The Bertz CT molecular complexity index is 827. The zero-order valence-corrected chi connectivity index (χ0v) is 11.0. The zero-order chi connectivity index (χ0) is 14.1. The maximum Gasteiger partial charge on any atom is 0.123 e. The van der Waals surface area contributed by atoms with Gasteiger partial charge >= 0.3 is 0 Å². The van der Waals surface area contributed by atoms with Gasteiger partial charge in [0.1, 0.15) is 11.6 Å². The molecule has 98 valence electrons. The number of aromatic hydroxyl groups is 1. The van der Waals surface area contributed by atoms with Gasteiger partial charge in [0.05, 0.1) is 23.5 Å². The molecule has 0 amide bonds. The number of nitrogens with zero attached hydrogens (tertiary/aromatic N) is 2. The SMILES string of the molecule is Cc1nc2cc(-c3cc(CC#N)ccc3O)ccc2[nH]1. The maximum atomic E-state index is 10.0. The van der Waals surface area contributed by atoms with Gasteiger partial charge < -0.3 is 10.1 Å². The Morgan fingerprint density at radius 2 is 2.10 bits per heavy atom. The van der Waals surface area contributed by atoms with Crippen LogP contribution in [0.15, 0.2) is 36.4 Å². The molecule has 0 aliphatic heterocycles. The topological polar surface area (TPSA) is 72.7 Å². The number of aromatic amines is 1. The number of benzene rings is 2. The number of aryl methyl sites for hydroxylation is 1. The summed E-state index contributed by atoms with van der Waals surface area (Å²) in [5.74, 6) is 1.07. The van der Waals surface area contributed by atoms with Crippen LogP contribution in [0, 0.1) is 18.3 Å². The first-order chi connectivity index (χ1) is 9.67. The molecule has 4 nitrogen and oxygen atoms in total. The number of nitriles is 1. The van der Waals surface area contributed by atoms with Crippen LogP contribution in [0.25, 0.3) is 22.2 Å². The molecule has 20 heavy (non-hydrogen) atoms. The largest absolute Gasteiger partial charge is 0.507 e. The number of hydrogen-bond acceptors (Lipinski definition) is 3. The number of fused-ring (bicyclic) bond motifs is 1. The van der Waals surface area contributed by atoms with Crippen LogP contribution >= 0.6 is 0 Å². The number of imidazole rings is 1. The fourth-order valence-electron chi connectivity index (χ4n) is 2.32. The second-order valence-electron chi connectivity index (χ2n) is 4.74. The third-order valence-electron chi connectivity index (χ3n) is 3.26. The van der Waals surface area contributed by atoms with E-state index in [1.54, 1.807) is 12.1 Å². The molecule has 1 heterocycles. The summed E-state index contributed by atoms with van der Waals surface area (Å²) in [4.78, 5) is 7.56. The van der Waals surface area contributed by atoms with E-state index >= 15 is 0 Å². The highest BCUT2D eigenvalue weighted by molar-refractivity contribution is 5.83. The van der Waals surface area contributed by atoms with E-state index in [9.17, 15) is 5.11 Å². The van der Waals surface area contributed by atoms with Crippen molar-refractivity contribution in [1.82, 2.24) is 9.97 Å². The van der Waals surface area contributed by atoms with Gasteiger partial charge in [-0.05, 0) is 42.3 Å². The number of rotatable bonds is 2. The average Bonchev–Trinajstić information content (AvgIpc) is 2.80. The van der Waals surface area contributed by atoms with E-state index in [2.05, 4.69) is 16.0 Å². The van der Waals surface area contributed by atoms with Crippen LogP contribution in [-0.2, 0) is 6.42 Å². The molecule has 0 bridgehead atoms. The Balaban J connectivity index is 2.14. The highest BCUT2D eigenvalue weighted by Gasteiger charge is 2.08. The van der Waals surface area contributed by atoms with Gasteiger partial charge in [0, 0.05) is 5.56 Å². The molecule has 0 unspecified atom stereocenters. The maximum absolute atomic E-state index is 10.0. The number of H-pyrrole nitrogens is 1. The summed E-state index contributed by atoms with van der Waals surface area (Å²) in [6, 6.07) is 13.2. The molecule has 2 N–H and O–H groups in total. The van der Waals surface area contributed by atoms with Crippen LogP contribution in [0.2, 0.25) is 0 Å². The van der Waals surface area contributed by atoms with Gasteiger partial charge in [-0.3, -0.25) is 0 Å². The minimum absolute atomic E-state index is 0.207. The lowest BCUT2D eigenvalue weighted by Crippen LogP contribution is -1.85. The Morgan fingerprint density at radius 3 is 2.90 bits per heavy atom. The minimum atomic E-state index is 0.207. The quantitative estimate of drug-likeness (QED) is 0.745. The standard InChI is InChI=1S/C16H13N3O/c1-10-18-14-4-3-12(9-15(14)19-10)13-8-11(6-7-17)2-5-16(13)20/h2-5,8-9,20H,6H2,1H3,(H,18,19). The monoisotopic (exact) mass is 263 g/mol. The Kier molecular flexibility index (Phi) is 2.88. The number of aromatic nitrogens is 2. The van der Waals surface area contributed by atoms with Crippen molar-refractivity contribution in [3.8, 4) is 22.9 Å². The van der Waals surface area contributed by atoms with E-state index in [1.807, 2.05) is 31.2 Å². The van der Waals surface area contributed by atoms with E-state index in [-0.39, 0.29) is 5.75 Å². The third kappa shape index (κ3) is 2.10. The Hall–Kier alpha value is -2.80. The van der Waals surface area contributed by atoms with Crippen molar-refractivity contribution >= 4 is 11.0 Å². The first kappa shape index (κ1) is 12.2. The van der Waals surface area contributed by atoms with Crippen LogP contribution in [0.4, 0.5) is 0 Å². The van der Waals surface area contributed by atoms with E-state index < -0.39 is 0 Å². The molecule has 3 rings (SSSR count). The molecular weight excluding hydrogens is 250 g/mol. The van der Waals surface area contributed by atoms with Crippen molar-refractivity contribution in [2.45, 2.75) is 13.3 Å². The van der Waals surface area contributed by atoms with Crippen LogP contribution < -0.4 is 0 Å². The van der Waals surface area contributed by atoms with Crippen LogP contribution in [0.1, 0.15) is 11.4 Å². The van der Waals surface area contributed by atoms with Gasteiger partial charge in [-0.25, -0.2) is 4.98 Å². The number of phenolic OH excluding ortho intramolecular Hbond substituents is 1. The molecule has 1 aromatic heterocycles. The lowest BCUT2D eigenvalue weighted by molar-refractivity contribution is 0.477. The van der Waals surface area contributed by atoms with Gasteiger partial charge in [-0.1, -0.05) is 12.1 Å². The molecule has 0 fully saturated rings. The second kappa shape index (κ2) is 4.71. The predicted molar refractivity (Wildman–Crippen MR) is 77.2 cm³/mol. The molecular formula is C16H13N3O. The summed E-state index contributed by atoms with van der Waals surface area (Å²) in [5.41, 5.74) is 4.34. The van der Waals surface area contributed by atoms with Gasteiger partial charge in [0.25, 0.3) is 0 Å². The first-order valence-corrected chi connectivity index (χ1v) is 6.33. The average molecular weight is 263 g/mol. The van der Waals surface area contributed by atoms with Gasteiger partial charge in [-0.15, -0.1) is 0 Å². The van der Waals surface area contributed by atoms with Crippen LogP contribution in [0.5, 0.6) is 5.75 Å². The van der Waals surface area contributed by atoms with Gasteiger partial charge in [0.15, 0.2) is 0 Å². The number of hydrogen-bond donors (Lipinski definition) is 2. The van der Waals surface area contributed by atoms with E-state index in [1.165, 1.54) is 0 Å². The lowest BCUT2D eigenvalue weighted by atomic mass is 10.0. The highest BCUT2D eigenvalue weighted by Crippen LogP contribution is 2.31. The summed E-state index contributed by atoms with van der Waals surface area (Å²) in [5, 5.41) is 18.8. The van der Waals surface area contributed by atoms with Crippen molar-refractivity contribution in [1.29, 1.82) is 5.26 Å². The van der Waals surface area contributed by atoms with Crippen molar-refractivity contribution in [2.24, 2.45) is 0 Å². The summed E-state index contributed by atoms with van der Waals surface area (Å²) in [7, 11) is 0. The minimum Gasteiger partial charge on any atom is -0.507 e. The van der Waals surface area contributed by atoms with Gasteiger partial charge in [-0.2, -0.15) is 5.26 Å². The third-order valence-corrected chi connectivity index (χ3v) is 3.26. The molecule has 0 saturated heterocycles. The summed E-state index contributed by atoms with van der Waals surface area (Å²) < 4.78 is 0. The van der Waals surface area contributed by atoms with Crippen molar-refractivity contribution in [3.63, 3.8) is 0 Å². The molecule has 0 spiro atoms. The number of phenols is 1. The zero-order valence-electron chi connectivity index (χ0n) is 11.0. The molecule has 0 atom stereocenters. The van der Waals surface area contributed by atoms with Crippen molar-refractivity contribution in [2.75, 3.05) is 0 Å². The fraction of sp³-hybridized carbons (Fsp3) is 0.125. The molecule has 2 aromatic carbocycles. The van der Waals surface area contributed by atoms with E-state index in [4.69, 9.17) is 5.26 Å².